The zero-order valence-corrected chi connectivity index (χ0v) is 13.4. The Hall–Kier alpha value is -1.08. The number of benzene rings is 1. The molecule has 0 radical (unpaired) electrons. The van der Waals surface area contributed by atoms with Crippen LogP contribution in [0.5, 0.6) is 11.6 Å². The Balaban J connectivity index is 2.09. The summed E-state index contributed by atoms with van der Waals surface area (Å²) in [6.07, 6.45) is 1.35. The van der Waals surface area contributed by atoms with Gasteiger partial charge in [0.25, 0.3) is 5.78 Å². The average Bonchev–Trinajstić information content (AvgIpc) is 2.84. The predicted molar refractivity (Wildman–Crippen MR) is 80.0 cm³/mol. The van der Waals surface area contributed by atoms with Gasteiger partial charge in [0.2, 0.25) is 5.88 Å². The monoisotopic (exact) mass is 392 g/mol. The first-order valence-corrected chi connectivity index (χ1v) is 7.16. The fraction of sp³-hybridized carbons (Fsp3) is 0. The zero-order chi connectivity index (χ0) is 14.3. The van der Waals surface area contributed by atoms with Gasteiger partial charge in [-0.15, -0.1) is 0 Å². The molecule has 9 heteroatoms. The van der Waals surface area contributed by atoms with Crippen LogP contribution in [0, 0.1) is 0 Å². The predicted octanol–water partition coefficient (Wildman–Crippen LogP) is 4.64. The molecule has 0 bridgehead atoms. The third-order valence-corrected chi connectivity index (χ3v) is 4.06. The molecule has 1 aromatic carbocycles. The van der Waals surface area contributed by atoms with Gasteiger partial charge in [0.05, 0.1) is 10.0 Å². The second-order valence-electron chi connectivity index (χ2n) is 3.69. The van der Waals surface area contributed by atoms with E-state index in [1.54, 1.807) is 12.1 Å². The summed E-state index contributed by atoms with van der Waals surface area (Å²) in [7, 11) is 0. The average molecular weight is 394 g/mol. The van der Waals surface area contributed by atoms with Crippen LogP contribution < -0.4 is 4.74 Å². The molecule has 0 aliphatic heterocycles. The first-order valence-electron chi connectivity index (χ1n) is 5.23. The second-order valence-corrected chi connectivity index (χ2v) is 5.74. The zero-order valence-electron chi connectivity index (χ0n) is 9.52. The topological polar surface area (TPSA) is 52.3 Å². The summed E-state index contributed by atoms with van der Waals surface area (Å²) in [5.74, 6) is 1.03. The highest BCUT2D eigenvalue weighted by atomic mass is 79.9. The Kier molecular flexibility index (Phi) is 3.72. The van der Waals surface area contributed by atoms with E-state index in [1.807, 2.05) is 0 Å². The van der Waals surface area contributed by atoms with Gasteiger partial charge in [-0.2, -0.15) is 19.6 Å². The van der Waals surface area contributed by atoms with Crippen molar-refractivity contribution in [1.82, 2.24) is 19.6 Å². The van der Waals surface area contributed by atoms with Crippen molar-refractivity contribution in [2.45, 2.75) is 0 Å². The normalized spacial score (nSPS) is 11.0. The molecule has 2 aromatic heterocycles. The number of aromatic nitrogens is 4. The molecule has 0 aliphatic carbocycles. The van der Waals surface area contributed by atoms with Crippen LogP contribution in [0.15, 0.2) is 29.0 Å². The standard InChI is InChI=1S/C11H4BrCl3N4O/c12-5-1-7(14)8(2-6(5)13)20-10-3-9(15)18-11-16-4-17-19(10)11/h1-4H. The van der Waals surface area contributed by atoms with Gasteiger partial charge in [0.15, 0.2) is 0 Å². The van der Waals surface area contributed by atoms with Crippen molar-refractivity contribution >= 4 is 56.5 Å². The Morgan fingerprint density at radius 3 is 2.70 bits per heavy atom. The minimum absolute atomic E-state index is 0.236. The number of hydrogen-bond acceptors (Lipinski definition) is 4. The van der Waals surface area contributed by atoms with Crippen LogP contribution in [0.1, 0.15) is 0 Å². The molecule has 0 unspecified atom stereocenters. The van der Waals surface area contributed by atoms with Crippen LogP contribution in [0.3, 0.4) is 0 Å². The van der Waals surface area contributed by atoms with Gasteiger partial charge in [0.1, 0.15) is 17.2 Å². The molecule has 20 heavy (non-hydrogen) atoms. The third kappa shape index (κ3) is 2.56. The summed E-state index contributed by atoms with van der Waals surface area (Å²) < 4.78 is 7.77. The van der Waals surface area contributed by atoms with Crippen molar-refractivity contribution in [2.75, 3.05) is 0 Å². The van der Waals surface area contributed by atoms with E-state index in [1.165, 1.54) is 16.9 Å². The van der Waals surface area contributed by atoms with E-state index in [4.69, 9.17) is 39.5 Å². The summed E-state index contributed by atoms with van der Waals surface area (Å²) in [6.45, 7) is 0. The summed E-state index contributed by atoms with van der Waals surface area (Å²) in [5.41, 5.74) is 0. The fourth-order valence-electron chi connectivity index (χ4n) is 1.53. The van der Waals surface area contributed by atoms with Gasteiger partial charge in [-0.25, -0.2) is 0 Å². The molecule has 0 atom stereocenters. The van der Waals surface area contributed by atoms with Crippen molar-refractivity contribution in [1.29, 1.82) is 0 Å². The van der Waals surface area contributed by atoms with Gasteiger partial charge in [-0.1, -0.05) is 34.8 Å². The molecule has 0 saturated heterocycles. The summed E-state index contributed by atoms with van der Waals surface area (Å²) in [5, 5.41) is 5.10. The number of nitrogens with zero attached hydrogens (tertiary/aromatic N) is 4. The van der Waals surface area contributed by atoms with E-state index in [2.05, 4.69) is 31.0 Å². The molecule has 0 N–H and O–H groups in total. The van der Waals surface area contributed by atoms with Crippen molar-refractivity contribution in [3.8, 4) is 11.6 Å². The lowest BCUT2D eigenvalue weighted by molar-refractivity contribution is 0.446. The summed E-state index contributed by atoms with van der Waals surface area (Å²) >= 11 is 21.3. The number of halogens is 4. The maximum Gasteiger partial charge on any atom is 0.256 e. The van der Waals surface area contributed by atoms with Crippen molar-refractivity contribution in [3.05, 3.63) is 44.2 Å². The highest BCUT2D eigenvalue weighted by Gasteiger charge is 2.12. The van der Waals surface area contributed by atoms with E-state index >= 15 is 0 Å². The number of fused-ring (bicyclic) bond motifs is 1. The van der Waals surface area contributed by atoms with Crippen LogP contribution >= 0.6 is 50.7 Å². The van der Waals surface area contributed by atoms with Crippen LogP contribution in [0.2, 0.25) is 15.2 Å². The number of rotatable bonds is 2. The Labute approximate surface area is 136 Å². The van der Waals surface area contributed by atoms with Crippen LogP contribution in [0.4, 0.5) is 0 Å². The van der Waals surface area contributed by atoms with Crippen LogP contribution in [0.25, 0.3) is 5.78 Å². The highest BCUT2D eigenvalue weighted by Crippen LogP contribution is 2.36. The molecule has 102 valence electrons. The first-order chi connectivity index (χ1) is 9.54. The van der Waals surface area contributed by atoms with Crippen molar-refractivity contribution in [2.24, 2.45) is 0 Å². The molecular formula is C11H4BrCl3N4O. The molecule has 0 fully saturated rings. The van der Waals surface area contributed by atoms with Gasteiger partial charge >= 0.3 is 0 Å². The molecule has 0 aliphatic rings. The quantitative estimate of drug-likeness (QED) is 0.469. The lowest BCUT2D eigenvalue weighted by Crippen LogP contribution is -1.98. The van der Waals surface area contributed by atoms with Gasteiger partial charge in [0, 0.05) is 16.6 Å². The number of ether oxygens (including phenoxy) is 1. The minimum atomic E-state index is 0.236. The van der Waals surface area contributed by atoms with E-state index < -0.39 is 0 Å². The Morgan fingerprint density at radius 2 is 1.90 bits per heavy atom. The van der Waals surface area contributed by atoms with Gasteiger partial charge in [-0.05, 0) is 22.0 Å². The van der Waals surface area contributed by atoms with Gasteiger partial charge < -0.3 is 4.74 Å². The van der Waals surface area contributed by atoms with Crippen LogP contribution in [-0.2, 0) is 0 Å². The highest BCUT2D eigenvalue weighted by molar-refractivity contribution is 9.10. The third-order valence-electron chi connectivity index (χ3n) is 2.38. The van der Waals surface area contributed by atoms with Crippen molar-refractivity contribution in [3.63, 3.8) is 0 Å². The SMILES string of the molecule is Clc1cc(Oc2cc(Cl)c(Br)cc2Cl)n2ncnc2n1. The summed E-state index contributed by atoms with van der Waals surface area (Å²) in [6, 6.07) is 4.74. The number of hydrogen-bond donors (Lipinski definition) is 0. The largest absolute Gasteiger partial charge is 0.437 e. The molecule has 3 rings (SSSR count). The lowest BCUT2D eigenvalue weighted by atomic mass is 10.3. The maximum absolute atomic E-state index is 6.11. The molecule has 2 heterocycles. The molecule has 5 nitrogen and oxygen atoms in total. The van der Waals surface area contributed by atoms with E-state index in [0.29, 0.717) is 31.9 Å². The molecule has 0 spiro atoms. The van der Waals surface area contributed by atoms with Gasteiger partial charge in [-0.3, -0.25) is 0 Å². The minimum Gasteiger partial charge on any atom is -0.437 e. The van der Waals surface area contributed by atoms with E-state index in [-0.39, 0.29) is 5.15 Å². The molecular weight excluding hydrogens is 390 g/mol. The van der Waals surface area contributed by atoms with Crippen molar-refractivity contribution < 1.29 is 4.74 Å². The first kappa shape index (κ1) is 13.9. The van der Waals surface area contributed by atoms with E-state index in [9.17, 15) is 0 Å². The Bertz CT molecular complexity index is 808. The smallest absolute Gasteiger partial charge is 0.256 e. The second kappa shape index (κ2) is 5.37. The maximum atomic E-state index is 6.11. The Morgan fingerprint density at radius 1 is 1.10 bits per heavy atom. The van der Waals surface area contributed by atoms with E-state index in [0.717, 1.165) is 0 Å². The molecule has 3 aromatic rings. The van der Waals surface area contributed by atoms with Crippen LogP contribution in [-0.4, -0.2) is 19.6 Å². The molecule has 0 amide bonds. The summed E-state index contributed by atoms with van der Waals surface area (Å²) in [4.78, 5) is 7.95. The molecule has 0 saturated carbocycles. The lowest BCUT2D eigenvalue weighted by Gasteiger charge is -2.09. The fourth-order valence-corrected chi connectivity index (χ4v) is 2.53.